The molecule has 0 aromatic heterocycles. The minimum absolute atomic E-state index is 0.156. The summed E-state index contributed by atoms with van der Waals surface area (Å²) in [6.45, 7) is 9.55. The molecule has 0 amide bonds. The van der Waals surface area contributed by atoms with E-state index in [2.05, 4.69) is 26.6 Å². The number of rotatable bonds is 12. The zero-order chi connectivity index (χ0) is 13.9. The highest BCUT2D eigenvalue weighted by atomic mass is 28.4. The molecule has 0 aliphatic heterocycles. The Morgan fingerprint density at radius 2 is 1.44 bits per heavy atom. The average Bonchev–Trinajstić information content (AvgIpc) is 2.26. The molecule has 1 N–H and O–H groups in total. The van der Waals surface area contributed by atoms with Crippen molar-refractivity contribution in [2.45, 2.75) is 90.5 Å². The minimum atomic E-state index is -1.39. The van der Waals surface area contributed by atoms with Crippen molar-refractivity contribution in [3.63, 3.8) is 0 Å². The Balaban J connectivity index is 3.24. The molecule has 0 aliphatic carbocycles. The summed E-state index contributed by atoms with van der Waals surface area (Å²) in [4.78, 5) is 0. The van der Waals surface area contributed by atoms with Gasteiger partial charge in [0.2, 0.25) is 0 Å². The average molecular weight is 275 g/mol. The van der Waals surface area contributed by atoms with Crippen LogP contribution in [0.25, 0.3) is 0 Å². The molecule has 0 heterocycles. The van der Waals surface area contributed by atoms with E-state index >= 15 is 0 Å². The van der Waals surface area contributed by atoms with Crippen molar-refractivity contribution in [3.05, 3.63) is 0 Å². The smallest absolute Gasteiger partial charge is 0.183 e. The van der Waals surface area contributed by atoms with Gasteiger partial charge in [-0.1, -0.05) is 51.9 Å². The summed E-state index contributed by atoms with van der Waals surface area (Å²) in [5.41, 5.74) is 0. The van der Waals surface area contributed by atoms with Crippen LogP contribution in [0.15, 0.2) is 0 Å². The Hall–Kier alpha value is 0.137. The summed E-state index contributed by atoms with van der Waals surface area (Å²) in [6, 6.07) is 0. The Kier molecular flexibility index (Phi) is 11.1. The molecule has 0 saturated heterocycles. The first-order chi connectivity index (χ1) is 8.45. The zero-order valence-electron chi connectivity index (χ0n) is 13.0. The van der Waals surface area contributed by atoms with Gasteiger partial charge in [-0.2, -0.15) is 0 Å². The van der Waals surface area contributed by atoms with Crippen molar-refractivity contribution in [3.8, 4) is 0 Å². The third-order valence-electron chi connectivity index (χ3n) is 3.13. The van der Waals surface area contributed by atoms with Crippen LogP contribution in [0.1, 0.15) is 64.7 Å². The van der Waals surface area contributed by atoms with Gasteiger partial charge < -0.3 is 9.53 Å². The molecular formula is C15H34O2Si. The second kappa shape index (κ2) is 11.0. The van der Waals surface area contributed by atoms with Gasteiger partial charge in [0, 0.05) is 6.61 Å². The monoisotopic (exact) mass is 274 g/mol. The Bertz CT molecular complexity index is 178. The van der Waals surface area contributed by atoms with Crippen LogP contribution in [0.5, 0.6) is 0 Å². The first kappa shape index (κ1) is 18.1. The highest BCUT2D eigenvalue weighted by molar-refractivity contribution is 6.69. The number of hydrogen-bond acceptors (Lipinski definition) is 2. The van der Waals surface area contributed by atoms with Crippen LogP contribution in [0.3, 0.4) is 0 Å². The van der Waals surface area contributed by atoms with E-state index < -0.39 is 8.32 Å². The topological polar surface area (TPSA) is 29.5 Å². The molecule has 0 rings (SSSR count). The van der Waals surface area contributed by atoms with Crippen LogP contribution in [0.2, 0.25) is 19.6 Å². The molecule has 0 aromatic rings. The standard InChI is InChI=1S/C15H34O2Si/c1-5-6-7-8-9-10-11-12-15(16)13-14-17-18(2,3)4/h15-16H,5-14H2,1-4H3. The molecule has 18 heavy (non-hydrogen) atoms. The lowest BCUT2D eigenvalue weighted by Gasteiger charge is -2.18. The van der Waals surface area contributed by atoms with Gasteiger partial charge >= 0.3 is 0 Å². The molecule has 1 atom stereocenters. The third-order valence-corrected chi connectivity index (χ3v) is 4.20. The van der Waals surface area contributed by atoms with Crippen LogP contribution in [0, 0.1) is 0 Å². The van der Waals surface area contributed by atoms with Gasteiger partial charge in [-0.05, 0) is 32.5 Å². The largest absolute Gasteiger partial charge is 0.418 e. The summed E-state index contributed by atoms with van der Waals surface area (Å²) < 4.78 is 5.75. The SMILES string of the molecule is CCCCCCCCCC(O)CCO[Si](C)(C)C. The van der Waals surface area contributed by atoms with E-state index in [0.717, 1.165) is 19.4 Å². The predicted molar refractivity (Wildman–Crippen MR) is 82.5 cm³/mol. The van der Waals surface area contributed by atoms with Crippen molar-refractivity contribution in [1.82, 2.24) is 0 Å². The van der Waals surface area contributed by atoms with Crippen molar-refractivity contribution < 1.29 is 9.53 Å². The Labute approximate surface area is 115 Å². The zero-order valence-corrected chi connectivity index (χ0v) is 14.0. The van der Waals surface area contributed by atoms with Crippen molar-refractivity contribution in [1.29, 1.82) is 0 Å². The van der Waals surface area contributed by atoms with Crippen molar-refractivity contribution in [2.75, 3.05) is 6.61 Å². The summed E-state index contributed by atoms with van der Waals surface area (Å²) in [7, 11) is -1.39. The highest BCUT2D eigenvalue weighted by Gasteiger charge is 2.14. The lowest BCUT2D eigenvalue weighted by atomic mass is 10.1. The van der Waals surface area contributed by atoms with Crippen LogP contribution in [-0.2, 0) is 4.43 Å². The maximum Gasteiger partial charge on any atom is 0.183 e. The molecule has 3 heteroatoms. The number of hydrogen-bond donors (Lipinski definition) is 1. The first-order valence-corrected chi connectivity index (χ1v) is 11.2. The number of aliphatic hydroxyl groups excluding tert-OH is 1. The third kappa shape index (κ3) is 14.2. The van der Waals surface area contributed by atoms with E-state index in [1.54, 1.807) is 0 Å². The molecule has 0 saturated carbocycles. The fourth-order valence-corrected chi connectivity index (χ4v) is 2.71. The van der Waals surface area contributed by atoms with Gasteiger partial charge in [-0.25, -0.2) is 0 Å². The summed E-state index contributed by atoms with van der Waals surface area (Å²) in [6.07, 6.45) is 10.8. The fraction of sp³-hybridized carbons (Fsp3) is 1.00. The molecular weight excluding hydrogens is 240 g/mol. The Morgan fingerprint density at radius 1 is 0.889 bits per heavy atom. The molecule has 110 valence electrons. The molecule has 0 radical (unpaired) electrons. The molecule has 0 aliphatic rings. The van der Waals surface area contributed by atoms with Crippen LogP contribution >= 0.6 is 0 Å². The molecule has 0 fully saturated rings. The highest BCUT2D eigenvalue weighted by Crippen LogP contribution is 2.12. The van der Waals surface area contributed by atoms with E-state index in [1.165, 1.54) is 44.9 Å². The van der Waals surface area contributed by atoms with E-state index in [9.17, 15) is 5.11 Å². The van der Waals surface area contributed by atoms with E-state index in [0.29, 0.717) is 0 Å². The Morgan fingerprint density at radius 3 is 2.00 bits per heavy atom. The van der Waals surface area contributed by atoms with Crippen molar-refractivity contribution in [2.24, 2.45) is 0 Å². The van der Waals surface area contributed by atoms with Gasteiger partial charge in [0.05, 0.1) is 6.10 Å². The summed E-state index contributed by atoms with van der Waals surface area (Å²) >= 11 is 0. The normalized spacial score (nSPS) is 13.8. The van der Waals surface area contributed by atoms with Crippen LogP contribution in [-0.4, -0.2) is 26.1 Å². The molecule has 0 spiro atoms. The predicted octanol–water partition coefficient (Wildman–Crippen LogP) is 4.73. The van der Waals surface area contributed by atoms with Gasteiger partial charge in [-0.15, -0.1) is 0 Å². The summed E-state index contributed by atoms with van der Waals surface area (Å²) in [5, 5.41) is 9.82. The van der Waals surface area contributed by atoms with Crippen molar-refractivity contribution >= 4 is 8.32 Å². The van der Waals surface area contributed by atoms with E-state index in [4.69, 9.17) is 4.43 Å². The van der Waals surface area contributed by atoms with Gasteiger partial charge in [-0.3, -0.25) is 0 Å². The van der Waals surface area contributed by atoms with Crippen LogP contribution in [0.4, 0.5) is 0 Å². The first-order valence-electron chi connectivity index (χ1n) is 7.77. The maximum atomic E-state index is 9.82. The molecule has 0 aromatic carbocycles. The van der Waals surface area contributed by atoms with Gasteiger partial charge in [0.1, 0.15) is 0 Å². The quantitative estimate of drug-likeness (QED) is 0.412. The second-order valence-corrected chi connectivity index (χ2v) is 10.8. The molecule has 1 unspecified atom stereocenters. The van der Waals surface area contributed by atoms with Crippen LogP contribution < -0.4 is 0 Å². The second-order valence-electron chi connectivity index (χ2n) is 6.31. The fourth-order valence-electron chi connectivity index (χ4n) is 1.98. The van der Waals surface area contributed by atoms with Gasteiger partial charge in [0.25, 0.3) is 0 Å². The van der Waals surface area contributed by atoms with Gasteiger partial charge in [0.15, 0.2) is 8.32 Å². The minimum Gasteiger partial charge on any atom is -0.418 e. The van der Waals surface area contributed by atoms with E-state index in [1.807, 2.05) is 0 Å². The lowest BCUT2D eigenvalue weighted by Crippen LogP contribution is -2.27. The molecule has 2 nitrogen and oxygen atoms in total. The summed E-state index contributed by atoms with van der Waals surface area (Å²) in [5.74, 6) is 0. The maximum absolute atomic E-state index is 9.82. The lowest BCUT2D eigenvalue weighted by molar-refractivity contribution is 0.126. The number of aliphatic hydroxyl groups is 1. The molecule has 0 bridgehead atoms. The number of unbranched alkanes of at least 4 members (excludes halogenated alkanes) is 6. The van der Waals surface area contributed by atoms with E-state index in [-0.39, 0.29) is 6.10 Å².